The van der Waals surface area contributed by atoms with Gasteiger partial charge in [0.05, 0.1) is 6.61 Å². The van der Waals surface area contributed by atoms with Gasteiger partial charge in [-0.25, -0.2) is 0 Å². The van der Waals surface area contributed by atoms with Gasteiger partial charge in [-0.15, -0.1) is 0 Å². The molecule has 1 aliphatic heterocycles. The van der Waals surface area contributed by atoms with Gasteiger partial charge in [0.2, 0.25) is 0 Å². The van der Waals surface area contributed by atoms with Gasteiger partial charge in [-0.3, -0.25) is 0 Å². The highest BCUT2D eigenvalue weighted by Crippen LogP contribution is 2.66. The fraction of sp³-hybridized carbons (Fsp3) is 0.739. The van der Waals surface area contributed by atoms with E-state index in [1.54, 1.807) is 0 Å². The minimum absolute atomic E-state index is 0.0446. The van der Waals surface area contributed by atoms with Crippen molar-refractivity contribution in [2.75, 3.05) is 6.61 Å². The smallest absolute Gasteiger partial charge is 0.164 e. The van der Waals surface area contributed by atoms with Gasteiger partial charge in [-0.05, 0) is 68.9 Å². The van der Waals surface area contributed by atoms with Gasteiger partial charge in [0, 0.05) is 16.9 Å². The number of ether oxygens (including phenoxy) is 2. The molecule has 4 atom stereocenters. The largest absolute Gasteiger partial charge is 0.504 e. The van der Waals surface area contributed by atoms with Crippen LogP contribution in [0.3, 0.4) is 0 Å². The minimum atomic E-state index is -0.112. The Hall–Kier alpha value is -1.38. The van der Waals surface area contributed by atoms with E-state index in [9.17, 15) is 5.11 Å². The summed E-state index contributed by atoms with van der Waals surface area (Å²) in [7, 11) is 0. The lowest BCUT2D eigenvalue weighted by Gasteiger charge is -2.66. The molecule has 0 amide bonds. The Bertz CT molecular complexity index is 710. The number of hydrogen-bond acceptors (Lipinski definition) is 3. The Morgan fingerprint density at radius 3 is 2.69 bits per heavy atom. The van der Waals surface area contributed by atoms with Gasteiger partial charge in [-0.2, -0.15) is 0 Å². The van der Waals surface area contributed by atoms with Crippen LogP contribution >= 0.6 is 0 Å². The van der Waals surface area contributed by atoms with Crippen LogP contribution in [0.1, 0.15) is 72.3 Å². The van der Waals surface area contributed by atoms with Gasteiger partial charge in [0.15, 0.2) is 11.5 Å². The summed E-state index contributed by atoms with van der Waals surface area (Å²) in [5.41, 5.74) is 1.19. The number of fused-ring (bicyclic) bond motifs is 1. The predicted molar refractivity (Wildman–Crippen MR) is 104 cm³/mol. The van der Waals surface area contributed by atoms with E-state index in [0.29, 0.717) is 29.6 Å². The molecule has 2 fully saturated rings. The molecule has 144 valence electrons. The number of benzene rings is 1. The van der Waals surface area contributed by atoms with E-state index in [0.717, 1.165) is 24.2 Å². The fourth-order valence-corrected chi connectivity index (χ4v) is 6.51. The van der Waals surface area contributed by atoms with Crippen LogP contribution in [-0.4, -0.2) is 17.3 Å². The van der Waals surface area contributed by atoms with Gasteiger partial charge in [-0.1, -0.05) is 27.7 Å². The van der Waals surface area contributed by atoms with Crippen LogP contribution in [0.5, 0.6) is 17.2 Å². The lowest BCUT2D eigenvalue weighted by Crippen LogP contribution is -2.68. The average Bonchev–Trinajstić information content (AvgIpc) is 2.57. The van der Waals surface area contributed by atoms with Gasteiger partial charge in [0.25, 0.3) is 0 Å². The Morgan fingerprint density at radius 2 is 1.96 bits per heavy atom. The van der Waals surface area contributed by atoms with Crippen LogP contribution in [0.15, 0.2) is 12.1 Å². The second-order valence-electron chi connectivity index (χ2n) is 9.78. The fourth-order valence-electron chi connectivity index (χ4n) is 6.51. The molecule has 1 heterocycles. The minimum Gasteiger partial charge on any atom is -0.504 e. The number of rotatable bonds is 2. The summed E-state index contributed by atoms with van der Waals surface area (Å²) in [6.07, 6.45) is 7.02. The maximum atomic E-state index is 10.8. The van der Waals surface area contributed by atoms with E-state index >= 15 is 0 Å². The normalized spacial score (nSPS) is 37.7. The van der Waals surface area contributed by atoms with Crippen LogP contribution < -0.4 is 9.47 Å². The molecular weight excluding hydrogens is 324 g/mol. The average molecular weight is 359 g/mol. The Labute approximate surface area is 158 Å². The van der Waals surface area contributed by atoms with Gasteiger partial charge in [0.1, 0.15) is 11.4 Å². The number of phenols is 1. The SMILES string of the molecule is CCOc1ccc2c(c1O)C[C@]1(C)[C@@H](C)CC[C@H]3C(C)(C)CCC[C@]31O2. The van der Waals surface area contributed by atoms with Crippen molar-refractivity contribution in [2.45, 2.75) is 78.7 Å². The third-order valence-corrected chi connectivity index (χ3v) is 8.16. The third kappa shape index (κ3) is 2.25. The van der Waals surface area contributed by atoms with Crippen LogP contribution in [0.2, 0.25) is 0 Å². The molecule has 0 bridgehead atoms. The lowest BCUT2D eigenvalue weighted by molar-refractivity contribution is -0.210. The van der Waals surface area contributed by atoms with Crippen molar-refractivity contribution in [1.29, 1.82) is 0 Å². The molecule has 1 aromatic rings. The Balaban J connectivity index is 1.85. The zero-order valence-electron chi connectivity index (χ0n) is 17.0. The number of phenolic OH excluding ortho intramolecular Hbond substituents is 1. The highest BCUT2D eigenvalue weighted by atomic mass is 16.5. The molecule has 0 aromatic heterocycles. The second kappa shape index (κ2) is 5.81. The predicted octanol–water partition coefficient (Wildman–Crippen LogP) is 5.73. The maximum absolute atomic E-state index is 10.8. The summed E-state index contributed by atoms with van der Waals surface area (Å²) in [4.78, 5) is 0. The molecule has 0 unspecified atom stereocenters. The molecule has 1 N–H and O–H groups in total. The molecule has 26 heavy (non-hydrogen) atoms. The summed E-state index contributed by atoms with van der Waals surface area (Å²) in [5.74, 6) is 2.89. The van der Waals surface area contributed by atoms with Crippen molar-refractivity contribution < 1.29 is 14.6 Å². The van der Waals surface area contributed by atoms with Gasteiger partial charge >= 0.3 is 0 Å². The van der Waals surface area contributed by atoms with Crippen LogP contribution in [0, 0.1) is 22.7 Å². The van der Waals surface area contributed by atoms with Gasteiger partial charge < -0.3 is 14.6 Å². The summed E-state index contributed by atoms with van der Waals surface area (Å²) >= 11 is 0. The van der Waals surface area contributed by atoms with E-state index in [2.05, 4.69) is 27.7 Å². The quantitative estimate of drug-likeness (QED) is 0.734. The zero-order valence-corrected chi connectivity index (χ0v) is 17.0. The topological polar surface area (TPSA) is 38.7 Å². The molecule has 0 radical (unpaired) electrons. The summed E-state index contributed by atoms with van der Waals surface area (Å²) in [6.45, 7) is 12.2. The highest BCUT2D eigenvalue weighted by molar-refractivity contribution is 5.55. The summed E-state index contributed by atoms with van der Waals surface area (Å²) < 4.78 is 12.6. The van der Waals surface area contributed by atoms with E-state index in [4.69, 9.17) is 9.47 Å². The molecule has 2 aliphatic carbocycles. The van der Waals surface area contributed by atoms with Crippen LogP contribution in [0.4, 0.5) is 0 Å². The summed E-state index contributed by atoms with van der Waals surface area (Å²) in [6, 6.07) is 3.89. The molecule has 1 aromatic carbocycles. The second-order valence-corrected chi connectivity index (χ2v) is 9.78. The lowest BCUT2D eigenvalue weighted by atomic mass is 9.44. The van der Waals surface area contributed by atoms with E-state index in [1.165, 1.54) is 25.7 Å². The maximum Gasteiger partial charge on any atom is 0.164 e. The number of hydrogen-bond donors (Lipinski definition) is 1. The van der Waals surface area contributed by atoms with Crippen molar-refractivity contribution in [3.05, 3.63) is 17.7 Å². The van der Waals surface area contributed by atoms with Crippen LogP contribution in [-0.2, 0) is 6.42 Å². The first-order valence-corrected chi connectivity index (χ1v) is 10.4. The third-order valence-electron chi connectivity index (χ3n) is 8.16. The first kappa shape index (κ1) is 18.0. The standard InChI is InChI=1S/C23H34O3/c1-6-25-18-10-9-17-16(20(18)24)14-22(5)15(2)8-11-19-21(3,4)12-7-13-23(19,22)26-17/h9-10,15,19,24H,6-8,11-14H2,1-5H3/t15-,19-,22+,23-/m0/s1. The molecule has 1 spiro atoms. The van der Waals surface area contributed by atoms with Crippen molar-refractivity contribution in [3.8, 4) is 17.2 Å². The number of aromatic hydroxyl groups is 1. The Kier molecular flexibility index (Phi) is 4.02. The molecular formula is C23H34O3. The molecule has 4 rings (SSSR count). The monoisotopic (exact) mass is 358 g/mol. The van der Waals surface area contributed by atoms with Crippen molar-refractivity contribution in [2.24, 2.45) is 22.7 Å². The summed E-state index contributed by atoms with van der Waals surface area (Å²) in [5, 5.41) is 10.8. The van der Waals surface area contributed by atoms with E-state index in [1.807, 2.05) is 19.1 Å². The molecule has 2 saturated carbocycles. The van der Waals surface area contributed by atoms with Crippen LogP contribution in [0.25, 0.3) is 0 Å². The molecule has 3 nitrogen and oxygen atoms in total. The first-order valence-electron chi connectivity index (χ1n) is 10.4. The molecule has 0 saturated heterocycles. The Morgan fingerprint density at radius 1 is 1.19 bits per heavy atom. The molecule has 3 aliphatic rings. The van der Waals surface area contributed by atoms with Crippen molar-refractivity contribution in [3.63, 3.8) is 0 Å². The highest BCUT2D eigenvalue weighted by Gasteiger charge is 2.65. The van der Waals surface area contributed by atoms with E-state index in [-0.39, 0.29) is 16.8 Å². The van der Waals surface area contributed by atoms with Crippen molar-refractivity contribution >= 4 is 0 Å². The zero-order chi connectivity index (χ0) is 18.7. The molecule has 3 heteroatoms. The first-order chi connectivity index (χ1) is 12.2. The van der Waals surface area contributed by atoms with Crippen molar-refractivity contribution in [1.82, 2.24) is 0 Å². The van der Waals surface area contributed by atoms with E-state index < -0.39 is 0 Å².